The fourth-order valence-electron chi connectivity index (χ4n) is 13.9. The number of likely N-dealkylation sites (tertiary alicyclic amines) is 1. The second-order valence-corrected chi connectivity index (χ2v) is 18.7. The summed E-state index contributed by atoms with van der Waals surface area (Å²) in [6.07, 6.45) is 0.204. The lowest BCUT2D eigenvalue weighted by molar-refractivity contribution is -0.184. The van der Waals surface area contributed by atoms with E-state index in [-0.39, 0.29) is 82.3 Å². The molecular weight excluding hydrogens is 639 g/mol. The van der Waals surface area contributed by atoms with E-state index in [4.69, 9.17) is 19.9 Å². The number of fused-ring (bicyclic) bond motifs is 4. The molecule has 9 nitrogen and oxygen atoms in total. The van der Waals surface area contributed by atoms with Crippen LogP contribution in [0.25, 0.3) is 0 Å². The average Bonchev–Trinajstić information content (AvgIpc) is 3.60. The summed E-state index contributed by atoms with van der Waals surface area (Å²) in [5.74, 6) is 1.23. The molecule has 12 heteroatoms. The zero-order valence-electron chi connectivity index (χ0n) is 30.3. The molecule has 0 aromatic carbocycles. The number of halogens is 3. The van der Waals surface area contributed by atoms with Crippen LogP contribution in [-0.2, 0) is 14.2 Å². The largest absolute Gasteiger partial charge is 0.446 e. The van der Waals surface area contributed by atoms with Crippen LogP contribution in [0.5, 0.6) is 0 Å². The van der Waals surface area contributed by atoms with Gasteiger partial charge in [0.2, 0.25) is 0 Å². The van der Waals surface area contributed by atoms with E-state index in [9.17, 15) is 27.9 Å². The molecular formula is C37H58F3N3O6. The number of carbonyl (C=O) groups is 2. The van der Waals surface area contributed by atoms with Gasteiger partial charge in [-0.05, 0) is 97.2 Å². The van der Waals surface area contributed by atoms with Crippen molar-refractivity contribution in [1.29, 1.82) is 0 Å². The van der Waals surface area contributed by atoms with Gasteiger partial charge in [0.1, 0.15) is 12.2 Å². The second-order valence-electron chi connectivity index (χ2n) is 18.7. The highest BCUT2D eigenvalue weighted by Gasteiger charge is 2.84. The second kappa shape index (κ2) is 11.4. The third kappa shape index (κ3) is 5.09. The number of rotatable bonds is 6. The van der Waals surface area contributed by atoms with Crippen LogP contribution in [0.15, 0.2) is 0 Å². The summed E-state index contributed by atoms with van der Waals surface area (Å²) < 4.78 is 56.6. The van der Waals surface area contributed by atoms with Crippen LogP contribution in [0, 0.1) is 56.7 Å². The molecule has 0 bridgehead atoms. The van der Waals surface area contributed by atoms with Gasteiger partial charge in [0.25, 0.3) is 0 Å². The molecule has 0 aromatic rings. The molecule has 2 saturated heterocycles. The third-order valence-corrected chi connectivity index (χ3v) is 16.0. The number of hydrogen-bond donors (Lipinski definition) is 3. The van der Waals surface area contributed by atoms with Gasteiger partial charge in [0, 0.05) is 23.9 Å². The molecule has 2 spiro atoms. The molecule has 0 unspecified atom stereocenters. The van der Waals surface area contributed by atoms with Crippen LogP contribution >= 0.6 is 0 Å². The Morgan fingerprint density at radius 3 is 2.33 bits per heavy atom. The number of primary amides is 1. The van der Waals surface area contributed by atoms with Crippen molar-refractivity contribution in [2.45, 2.75) is 143 Å². The number of nitrogens with zero attached hydrogens (tertiary/aromatic N) is 1. The predicted octanol–water partition coefficient (Wildman–Crippen LogP) is 6.26. The van der Waals surface area contributed by atoms with E-state index in [1.165, 1.54) is 4.90 Å². The van der Waals surface area contributed by atoms with Crippen LogP contribution in [0.2, 0.25) is 0 Å². The average molecular weight is 698 g/mol. The zero-order valence-corrected chi connectivity index (χ0v) is 30.3. The molecule has 2 aliphatic heterocycles. The molecule has 49 heavy (non-hydrogen) atoms. The van der Waals surface area contributed by atoms with Crippen LogP contribution in [0.1, 0.15) is 99.8 Å². The van der Waals surface area contributed by atoms with Gasteiger partial charge in [-0.3, -0.25) is 4.90 Å². The van der Waals surface area contributed by atoms with Crippen molar-refractivity contribution in [3.63, 3.8) is 0 Å². The van der Waals surface area contributed by atoms with E-state index in [1.54, 1.807) is 0 Å². The van der Waals surface area contributed by atoms with Crippen molar-refractivity contribution in [2.75, 3.05) is 19.6 Å². The number of ether oxygens (including phenoxy) is 3. The van der Waals surface area contributed by atoms with Gasteiger partial charge in [-0.25, -0.2) is 9.59 Å². The summed E-state index contributed by atoms with van der Waals surface area (Å²) in [6.45, 7) is 14.9. The minimum atomic E-state index is -4.25. The highest BCUT2D eigenvalue weighted by atomic mass is 19.4. The van der Waals surface area contributed by atoms with E-state index in [0.29, 0.717) is 11.8 Å². The van der Waals surface area contributed by atoms with Gasteiger partial charge in [-0.15, -0.1) is 0 Å². The van der Waals surface area contributed by atoms with Crippen LogP contribution in [0.3, 0.4) is 0 Å². The normalized spacial score (nSPS) is 47.8. The molecule has 5 aliphatic carbocycles. The molecule has 7 fully saturated rings. The summed E-state index contributed by atoms with van der Waals surface area (Å²) in [5.41, 5.74) is 5.05. The molecule has 5 saturated carbocycles. The van der Waals surface area contributed by atoms with Crippen molar-refractivity contribution in [3.8, 4) is 0 Å². The molecule has 7 rings (SSSR count). The van der Waals surface area contributed by atoms with Gasteiger partial charge in [0.05, 0.1) is 30.9 Å². The molecule has 4 N–H and O–H groups in total. The van der Waals surface area contributed by atoms with Crippen molar-refractivity contribution in [2.24, 2.45) is 62.4 Å². The number of nitrogens with one attached hydrogen (secondary N) is 1. The molecule has 2 amide bonds. The van der Waals surface area contributed by atoms with Crippen LogP contribution in [0.4, 0.5) is 22.8 Å². The van der Waals surface area contributed by atoms with Crippen molar-refractivity contribution in [3.05, 3.63) is 0 Å². The first-order chi connectivity index (χ1) is 22.7. The number of hydrogen-bond acceptors (Lipinski definition) is 7. The number of alkyl carbamates (subject to hydrolysis) is 1. The first-order valence-corrected chi connectivity index (χ1v) is 18.8. The molecule has 13 atom stereocenters. The fraction of sp³-hybridized carbons (Fsp3) is 0.946. The molecule has 2 heterocycles. The van der Waals surface area contributed by atoms with Crippen molar-refractivity contribution < 1.29 is 42.1 Å². The quantitative estimate of drug-likeness (QED) is 0.300. The summed E-state index contributed by atoms with van der Waals surface area (Å²) in [4.78, 5) is 26.1. The zero-order chi connectivity index (χ0) is 35.7. The minimum Gasteiger partial charge on any atom is -0.446 e. The summed E-state index contributed by atoms with van der Waals surface area (Å²) >= 11 is 0. The Morgan fingerprint density at radius 2 is 1.69 bits per heavy atom. The maximum atomic E-state index is 13.0. The van der Waals surface area contributed by atoms with Gasteiger partial charge in [0.15, 0.2) is 0 Å². The lowest BCUT2D eigenvalue weighted by atomic mass is 9.41. The first kappa shape index (κ1) is 35.6. The van der Waals surface area contributed by atoms with E-state index in [1.807, 2.05) is 13.8 Å². The Hall–Kier alpha value is -1.79. The number of amides is 2. The van der Waals surface area contributed by atoms with Gasteiger partial charge < -0.3 is 30.4 Å². The molecule has 0 aromatic heterocycles. The Labute approximate surface area is 288 Å². The minimum absolute atomic E-state index is 0.0264. The van der Waals surface area contributed by atoms with Crippen molar-refractivity contribution >= 4 is 12.2 Å². The smallest absolute Gasteiger partial charge is 0.407 e. The van der Waals surface area contributed by atoms with E-state index >= 15 is 0 Å². The monoisotopic (exact) mass is 697 g/mol. The Balaban J connectivity index is 1.06. The Morgan fingerprint density at radius 1 is 1.04 bits per heavy atom. The van der Waals surface area contributed by atoms with Crippen molar-refractivity contribution in [1.82, 2.24) is 10.2 Å². The van der Waals surface area contributed by atoms with E-state index < -0.39 is 37.1 Å². The van der Waals surface area contributed by atoms with Crippen LogP contribution in [-0.4, -0.2) is 84.6 Å². The number of aliphatic hydroxyl groups is 1. The summed E-state index contributed by atoms with van der Waals surface area (Å²) in [7, 11) is 0. The highest BCUT2D eigenvalue weighted by molar-refractivity contribution is 5.68. The third-order valence-electron chi connectivity index (χ3n) is 16.0. The maximum absolute atomic E-state index is 13.0. The maximum Gasteiger partial charge on any atom is 0.407 e. The SMILES string of the molecule is CC(C)[C@@H](OC(N)=O)[C@H]1C[C@@H](C)[C@H]2[C@H](O1)[C@H](O)[C@@]1(C)[C@@H]3CC[C@H]4C(C)(C)[C@@H](OC(=O)NC5CN(CC(F)(F)F)C5)CC[C@@]45C[C@@]35CC[C@]21C. The lowest BCUT2D eigenvalue weighted by Gasteiger charge is -2.63. The van der Waals surface area contributed by atoms with Gasteiger partial charge in [-0.1, -0.05) is 48.5 Å². The van der Waals surface area contributed by atoms with Gasteiger partial charge >= 0.3 is 18.4 Å². The summed E-state index contributed by atoms with van der Waals surface area (Å²) in [6, 6.07) is -0.331. The van der Waals surface area contributed by atoms with E-state index in [2.05, 4.69) is 39.9 Å². The predicted molar refractivity (Wildman–Crippen MR) is 175 cm³/mol. The number of alkyl halides is 3. The summed E-state index contributed by atoms with van der Waals surface area (Å²) in [5, 5.41) is 15.3. The van der Waals surface area contributed by atoms with E-state index in [0.717, 1.165) is 51.4 Å². The van der Waals surface area contributed by atoms with Gasteiger partial charge in [-0.2, -0.15) is 13.2 Å². The highest BCUT2D eigenvalue weighted by Crippen LogP contribution is 2.89. The molecule has 278 valence electrons. The van der Waals surface area contributed by atoms with Crippen LogP contribution < -0.4 is 11.1 Å². The molecule has 7 aliphatic rings. The first-order valence-electron chi connectivity index (χ1n) is 18.8. The Kier molecular flexibility index (Phi) is 8.25. The standard InChI is InChI=1S/C37H58F3N3O6/c1-19(2)27(49-30(41)45)22-14-20(3)26-28(47-22)29(44)34(7)24-9-8-23-32(4,5)25(10-11-35(23)17-36(24,35)13-12-33(26,34)6)48-31(46)42-21-15-43(16-21)18-37(38,39)40/h19-29,44H,8-18H2,1-7H3,(H2,41,45)(H,42,46)/t20-,22-,23+,24+,25+,26+,27-,28+,29+,33-,34-,35-,36+/m1/s1. The fourth-order valence-corrected chi connectivity index (χ4v) is 13.9. The lowest BCUT2D eigenvalue weighted by Crippen LogP contribution is -2.62. The number of carbonyl (C=O) groups excluding carboxylic acids is 2. The molecule has 0 radical (unpaired) electrons. The Bertz CT molecular complexity index is 1340. The number of aliphatic hydroxyl groups excluding tert-OH is 1. The topological polar surface area (TPSA) is 123 Å². The number of nitrogens with two attached hydrogens (primary N) is 1.